The lowest BCUT2D eigenvalue weighted by molar-refractivity contribution is -0.148. The Morgan fingerprint density at radius 1 is 1.19 bits per heavy atom. The predicted molar refractivity (Wildman–Crippen MR) is 69.9 cm³/mol. The first kappa shape index (κ1) is 15.8. The van der Waals surface area contributed by atoms with Gasteiger partial charge >= 0.3 is 12.1 Å². The Labute approximate surface area is 120 Å². The second-order valence-corrected chi connectivity index (χ2v) is 5.56. The van der Waals surface area contributed by atoms with Crippen LogP contribution in [0, 0.1) is 0 Å². The molecule has 0 unspecified atom stereocenters. The maximum Gasteiger partial charge on any atom is 0.416 e. The zero-order chi connectivity index (χ0) is 15.7. The summed E-state index contributed by atoms with van der Waals surface area (Å²) in [7, 11) is 0. The SMILES string of the molecule is O=C(O)[C@@H](c1cccc(C(F)(F)F)c1)C1(O)CCCCC1. The second kappa shape index (κ2) is 5.67. The minimum atomic E-state index is -4.53. The molecule has 6 heteroatoms. The van der Waals surface area contributed by atoms with Crippen molar-refractivity contribution in [3.63, 3.8) is 0 Å². The average molecular weight is 302 g/mol. The molecule has 0 radical (unpaired) electrons. The number of aliphatic carboxylic acids is 1. The van der Waals surface area contributed by atoms with Crippen LogP contribution in [-0.2, 0) is 11.0 Å². The van der Waals surface area contributed by atoms with Crippen molar-refractivity contribution in [2.24, 2.45) is 0 Å². The molecular formula is C15H17F3O3. The van der Waals surface area contributed by atoms with Crippen LogP contribution in [-0.4, -0.2) is 21.8 Å². The summed E-state index contributed by atoms with van der Waals surface area (Å²) in [5.74, 6) is -2.63. The van der Waals surface area contributed by atoms with Gasteiger partial charge in [0.25, 0.3) is 0 Å². The van der Waals surface area contributed by atoms with Gasteiger partial charge in [-0.25, -0.2) is 0 Å². The van der Waals surface area contributed by atoms with Crippen molar-refractivity contribution in [2.75, 3.05) is 0 Å². The molecule has 1 aromatic carbocycles. The molecule has 0 spiro atoms. The van der Waals surface area contributed by atoms with E-state index in [1.165, 1.54) is 12.1 Å². The first-order chi connectivity index (χ1) is 9.74. The van der Waals surface area contributed by atoms with E-state index >= 15 is 0 Å². The molecule has 1 aliphatic carbocycles. The lowest BCUT2D eigenvalue weighted by Gasteiger charge is -2.37. The number of carboxylic acid groups (broad SMARTS) is 1. The van der Waals surface area contributed by atoms with Gasteiger partial charge in [0.05, 0.1) is 11.2 Å². The van der Waals surface area contributed by atoms with Crippen molar-refractivity contribution in [1.82, 2.24) is 0 Å². The van der Waals surface area contributed by atoms with Crippen LogP contribution < -0.4 is 0 Å². The lowest BCUT2D eigenvalue weighted by Crippen LogP contribution is -2.42. The van der Waals surface area contributed by atoms with Crippen LogP contribution in [0.4, 0.5) is 13.2 Å². The number of halogens is 3. The highest BCUT2D eigenvalue weighted by Gasteiger charge is 2.44. The van der Waals surface area contributed by atoms with E-state index in [1.807, 2.05) is 0 Å². The highest BCUT2D eigenvalue weighted by atomic mass is 19.4. The van der Waals surface area contributed by atoms with Gasteiger partial charge in [-0.2, -0.15) is 13.2 Å². The van der Waals surface area contributed by atoms with Gasteiger partial charge < -0.3 is 10.2 Å². The Balaban J connectivity index is 2.41. The van der Waals surface area contributed by atoms with E-state index in [4.69, 9.17) is 0 Å². The Hall–Kier alpha value is -1.56. The number of carbonyl (C=O) groups is 1. The van der Waals surface area contributed by atoms with Gasteiger partial charge in [0, 0.05) is 0 Å². The first-order valence-corrected chi connectivity index (χ1v) is 6.86. The second-order valence-electron chi connectivity index (χ2n) is 5.56. The van der Waals surface area contributed by atoms with Crippen molar-refractivity contribution in [3.05, 3.63) is 35.4 Å². The van der Waals surface area contributed by atoms with Gasteiger partial charge in [0.1, 0.15) is 5.92 Å². The van der Waals surface area contributed by atoms with Crippen molar-refractivity contribution < 1.29 is 28.2 Å². The Bertz CT molecular complexity index is 519. The molecule has 0 amide bonds. The molecule has 21 heavy (non-hydrogen) atoms. The van der Waals surface area contributed by atoms with Crippen LogP contribution in [0.2, 0.25) is 0 Å². The van der Waals surface area contributed by atoms with E-state index in [9.17, 15) is 28.2 Å². The molecule has 0 saturated heterocycles. The third kappa shape index (κ3) is 3.37. The summed E-state index contributed by atoms with van der Waals surface area (Å²) in [6.45, 7) is 0. The van der Waals surface area contributed by atoms with Gasteiger partial charge in [-0.15, -0.1) is 0 Å². The van der Waals surface area contributed by atoms with Crippen LogP contribution in [0.5, 0.6) is 0 Å². The van der Waals surface area contributed by atoms with Crippen LogP contribution in [0.15, 0.2) is 24.3 Å². The summed E-state index contributed by atoms with van der Waals surface area (Å²) in [5.41, 5.74) is -2.37. The fourth-order valence-corrected chi connectivity index (χ4v) is 3.03. The fourth-order valence-electron chi connectivity index (χ4n) is 3.03. The molecule has 0 heterocycles. The van der Waals surface area contributed by atoms with Crippen LogP contribution >= 0.6 is 0 Å². The molecule has 1 aliphatic rings. The van der Waals surface area contributed by atoms with E-state index in [2.05, 4.69) is 0 Å². The summed E-state index contributed by atoms with van der Waals surface area (Å²) >= 11 is 0. The summed E-state index contributed by atoms with van der Waals surface area (Å²) in [6, 6.07) is 4.24. The minimum absolute atomic E-state index is 0.00160. The molecular weight excluding hydrogens is 285 g/mol. The van der Waals surface area contributed by atoms with Crippen LogP contribution in [0.1, 0.15) is 49.1 Å². The monoisotopic (exact) mass is 302 g/mol. The quantitative estimate of drug-likeness (QED) is 0.897. The Morgan fingerprint density at radius 2 is 1.81 bits per heavy atom. The number of hydrogen-bond donors (Lipinski definition) is 2. The topological polar surface area (TPSA) is 57.5 Å². The smallest absolute Gasteiger partial charge is 0.416 e. The van der Waals surface area contributed by atoms with E-state index in [-0.39, 0.29) is 5.56 Å². The molecule has 2 N–H and O–H groups in total. The summed E-state index contributed by atoms with van der Waals surface area (Å²) in [5, 5.41) is 20.0. The lowest BCUT2D eigenvalue weighted by atomic mass is 9.72. The Morgan fingerprint density at radius 3 is 2.33 bits per heavy atom. The van der Waals surface area contributed by atoms with Crippen molar-refractivity contribution in [1.29, 1.82) is 0 Å². The maximum atomic E-state index is 12.8. The first-order valence-electron chi connectivity index (χ1n) is 6.86. The normalized spacial score (nSPS) is 20.0. The molecule has 0 aliphatic heterocycles. The molecule has 1 atom stereocenters. The molecule has 0 aromatic heterocycles. The van der Waals surface area contributed by atoms with Gasteiger partial charge in [0.2, 0.25) is 0 Å². The molecule has 1 aromatic rings. The standard InChI is InChI=1S/C15H17F3O3/c16-15(17,18)11-6-4-5-10(9-11)12(13(19)20)14(21)7-2-1-3-8-14/h4-6,9,12,21H,1-3,7-8H2,(H,19,20)/t12-/m1/s1. The zero-order valence-corrected chi connectivity index (χ0v) is 11.4. The predicted octanol–water partition coefficient (Wildman–Crippen LogP) is 3.57. The third-order valence-electron chi connectivity index (χ3n) is 4.05. The number of alkyl halides is 3. The van der Waals surface area contributed by atoms with Crippen LogP contribution in [0.3, 0.4) is 0 Å². The number of benzene rings is 1. The minimum Gasteiger partial charge on any atom is -0.481 e. The third-order valence-corrected chi connectivity index (χ3v) is 4.05. The van der Waals surface area contributed by atoms with Gasteiger partial charge in [-0.3, -0.25) is 4.79 Å². The van der Waals surface area contributed by atoms with Gasteiger partial charge in [-0.05, 0) is 24.5 Å². The van der Waals surface area contributed by atoms with Gasteiger partial charge in [0.15, 0.2) is 0 Å². The molecule has 3 nitrogen and oxygen atoms in total. The van der Waals surface area contributed by atoms with E-state index in [0.717, 1.165) is 18.6 Å². The molecule has 116 valence electrons. The number of carboxylic acids is 1. The van der Waals surface area contributed by atoms with Crippen molar-refractivity contribution >= 4 is 5.97 Å². The Kier molecular flexibility index (Phi) is 4.27. The number of rotatable bonds is 3. The number of hydrogen-bond acceptors (Lipinski definition) is 2. The fraction of sp³-hybridized carbons (Fsp3) is 0.533. The summed E-state index contributed by atoms with van der Waals surface area (Å²) in [4.78, 5) is 11.5. The summed E-state index contributed by atoms with van der Waals surface area (Å²) < 4.78 is 38.3. The highest BCUT2D eigenvalue weighted by molar-refractivity contribution is 5.78. The molecule has 1 saturated carbocycles. The van der Waals surface area contributed by atoms with Crippen molar-refractivity contribution in [3.8, 4) is 0 Å². The average Bonchev–Trinajstić information content (AvgIpc) is 2.38. The maximum absolute atomic E-state index is 12.8. The van der Waals surface area contributed by atoms with Gasteiger partial charge in [-0.1, -0.05) is 37.5 Å². The van der Waals surface area contributed by atoms with E-state index < -0.39 is 29.2 Å². The van der Waals surface area contributed by atoms with Crippen LogP contribution in [0.25, 0.3) is 0 Å². The highest BCUT2D eigenvalue weighted by Crippen LogP contribution is 2.41. The summed E-state index contributed by atoms with van der Waals surface area (Å²) in [6.07, 6.45) is -1.69. The largest absolute Gasteiger partial charge is 0.481 e. The molecule has 1 fully saturated rings. The number of aliphatic hydroxyl groups is 1. The zero-order valence-electron chi connectivity index (χ0n) is 11.4. The molecule has 0 bridgehead atoms. The van der Waals surface area contributed by atoms with Crippen molar-refractivity contribution in [2.45, 2.75) is 49.8 Å². The van der Waals surface area contributed by atoms with E-state index in [0.29, 0.717) is 25.7 Å². The molecule has 2 rings (SSSR count). The van der Waals surface area contributed by atoms with E-state index in [1.54, 1.807) is 0 Å².